The van der Waals surface area contributed by atoms with Crippen LogP contribution in [0.4, 0.5) is 0 Å². The molecule has 2 aromatic rings. The first kappa shape index (κ1) is 18.7. The number of piperidine rings is 1. The standard InChI is InChI=1S/C19H25N3O3S/c1-19(2)11-22(7-6-17(19)20)18(23)13-4-5-15(16(8-13)24-3)25-9-14-10-26-12-21-14/h4-5,8,10,12,17H,6-7,9,11,20H2,1-3H3. The number of rotatable bonds is 5. The van der Waals surface area contributed by atoms with Gasteiger partial charge in [-0.3, -0.25) is 4.79 Å². The summed E-state index contributed by atoms with van der Waals surface area (Å²) in [5, 5.41) is 1.94. The number of ether oxygens (including phenoxy) is 2. The maximum atomic E-state index is 12.9. The lowest BCUT2D eigenvalue weighted by Crippen LogP contribution is -2.53. The molecule has 2 N–H and O–H groups in total. The average Bonchev–Trinajstić information content (AvgIpc) is 3.15. The fourth-order valence-corrected chi connectivity index (χ4v) is 3.65. The van der Waals surface area contributed by atoms with Crippen molar-refractivity contribution in [2.75, 3.05) is 20.2 Å². The van der Waals surface area contributed by atoms with Crippen molar-refractivity contribution < 1.29 is 14.3 Å². The molecule has 0 bridgehead atoms. The van der Waals surface area contributed by atoms with E-state index in [0.717, 1.165) is 12.1 Å². The van der Waals surface area contributed by atoms with Crippen molar-refractivity contribution in [1.82, 2.24) is 9.88 Å². The Morgan fingerprint density at radius 1 is 1.42 bits per heavy atom. The van der Waals surface area contributed by atoms with E-state index in [1.165, 1.54) is 11.3 Å². The van der Waals surface area contributed by atoms with E-state index in [4.69, 9.17) is 15.2 Å². The van der Waals surface area contributed by atoms with Gasteiger partial charge in [0, 0.05) is 30.1 Å². The molecule has 1 saturated heterocycles. The number of benzene rings is 1. The Labute approximate surface area is 157 Å². The number of carbonyl (C=O) groups excluding carboxylic acids is 1. The van der Waals surface area contributed by atoms with Gasteiger partial charge in [0.1, 0.15) is 6.61 Å². The van der Waals surface area contributed by atoms with Crippen molar-refractivity contribution in [2.24, 2.45) is 11.1 Å². The van der Waals surface area contributed by atoms with Gasteiger partial charge < -0.3 is 20.1 Å². The SMILES string of the molecule is COc1cc(C(=O)N2CCC(N)C(C)(C)C2)ccc1OCc1cscn1. The Bertz CT molecular complexity index is 761. The molecule has 2 heterocycles. The van der Waals surface area contributed by atoms with Gasteiger partial charge in [0.15, 0.2) is 11.5 Å². The van der Waals surface area contributed by atoms with E-state index >= 15 is 0 Å². The molecule has 0 saturated carbocycles. The van der Waals surface area contributed by atoms with Gasteiger partial charge >= 0.3 is 0 Å². The zero-order valence-corrected chi connectivity index (χ0v) is 16.2. The molecule has 0 radical (unpaired) electrons. The van der Waals surface area contributed by atoms with E-state index in [9.17, 15) is 4.79 Å². The van der Waals surface area contributed by atoms with Gasteiger partial charge in [-0.25, -0.2) is 4.98 Å². The monoisotopic (exact) mass is 375 g/mol. The highest BCUT2D eigenvalue weighted by molar-refractivity contribution is 7.07. The van der Waals surface area contributed by atoms with Gasteiger partial charge in [-0.1, -0.05) is 13.8 Å². The second kappa shape index (κ2) is 7.63. The topological polar surface area (TPSA) is 77.7 Å². The number of nitrogens with two attached hydrogens (primary N) is 1. The molecule has 7 heteroatoms. The summed E-state index contributed by atoms with van der Waals surface area (Å²) < 4.78 is 11.2. The highest BCUT2D eigenvalue weighted by atomic mass is 32.1. The van der Waals surface area contributed by atoms with E-state index in [-0.39, 0.29) is 17.4 Å². The van der Waals surface area contributed by atoms with Crippen molar-refractivity contribution >= 4 is 17.2 Å². The van der Waals surface area contributed by atoms with E-state index in [1.807, 2.05) is 10.3 Å². The number of likely N-dealkylation sites (tertiary alicyclic amines) is 1. The fraction of sp³-hybridized carbons (Fsp3) is 0.474. The summed E-state index contributed by atoms with van der Waals surface area (Å²) in [5.41, 5.74) is 9.31. The Morgan fingerprint density at radius 3 is 2.88 bits per heavy atom. The second-order valence-corrected chi connectivity index (χ2v) is 7.96. The predicted molar refractivity (Wildman–Crippen MR) is 102 cm³/mol. The number of carbonyl (C=O) groups is 1. The quantitative estimate of drug-likeness (QED) is 0.869. The van der Waals surface area contributed by atoms with Gasteiger partial charge in [0.05, 0.1) is 18.3 Å². The number of hydrogen-bond acceptors (Lipinski definition) is 6. The summed E-state index contributed by atoms with van der Waals surface area (Å²) in [7, 11) is 1.57. The molecule has 0 aliphatic carbocycles. The molecule has 0 spiro atoms. The Balaban J connectivity index is 1.73. The molecule has 1 unspecified atom stereocenters. The van der Waals surface area contributed by atoms with Gasteiger partial charge in [-0.05, 0) is 30.0 Å². The summed E-state index contributed by atoms with van der Waals surface area (Å²) in [6, 6.07) is 5.41. The molecule has 1 fully saturated rings. The van der Waals surface area contributed by atoms with E-state index in [2.05, 4.69) is 18.8 Å². The van der Waals surface area contributed by atoms with Crippen LogP contribution < -0.4 is 15.2 Å². The van der Waals surface area contributed by atoms with Crippen LogP contribution in [0, 0.1) is 5.41 Å². The lowest BCUT2D eigenvalue weighted by atomic mass is 9.79. The number of aromatic nitrogens is 1. The third-order valence-corrected chi connectivity index (χ3v) is 5.50. The van der Waals surface area contributed by atoms with Crippen LogP contribution in [-0.2, 0) is 6.61 Å². The normalized spacial score (nSPS) is 19.2. The summed E-state index contributed by atoms with van der Waals surface area (Å²) in [6.45, 7) is 5.90. The zero-order valence-electron chi connectivity index (χ0n) is 15.4. The summed E-state index contributed by atoms with van der Waals surface area (Å²) in [6.07, 6.45) is 0.810. The van der Waals surface area contributed by atoms with Crippen LogP contribution in [0.5, 0.6) is 11.5 Å². The molecule has 1 aromatic heterocycles. The highest BCUT2D eigenvalue weighted by Crippen LogP contribution is 2.32. The lowest BCUT2D eigenvalue weighted by Gasteiger charge is -2.42. The van der Waals surface area contributed by atoms with E-state index in [1.54, 1.807) is 30.8 Å². The number of hydrogen-bond donors (Lipinski definition) is 1. The number of methoxy groups -OCH3 is 1. The molecule has 3 rings (SSSR count). The van der Waals surface area contributed by atoms with Crippen LogP contribution >= 0.6 is 11.3 Å². The maximum absolute atomic E-state index is 12.9. The first-order chi connectivity index (χ1) is 12.4. The summed E-state index contributed by atoms with van der Waals surface area (Å²) in [4.78, 5) is 19.0. The van der Waals surface area contributed by atoms with Crippen LogP contribution in [0.25, 0.3) is 0 Å². The summed E-state index contributed by atoms with van der Waals surface area (Å²) >= 11 is 1.53. The van der Waals surface area contributed by atoms with E-state index < -0.39 is 0 Å². The first-order valence-electron chi connectivity index (χ1n) is 8.63. The molecule has 1 aromatic carbocycles. The average molecular weight is 375 g/mol. The first-order valence-corrected chi connectivity index (χ1v) is 9.58. The lowest BCUT2D eigenvalue weighted by molar-refractivity contribution is 0.0532. The smallest absolute Gasteiger partial charge is 0.254 e. The van der Waals surface area contributed by atoms with Gasteiger partial charge in [-0.2, -0.15) is 0 Å². The Hall–Kier alpha value is -2.12. The number of amides is 1. The Kier molecular flexibility index (Phi) is 5.48. The van der Waals surface area contributed by atoms with Crippen LogP contribution in [0.2, 0.25) is 0 Å². The van der Waals surface area contributed by atoms with Gasteiger partial charge in [0.2, 0.25) is 0 Å². The highest BCUT2D eigenvalue weighted by Gasteiger charge is 2.35. The van der Waals surface area contributed by atoms with Crippen molar-refractivity contribution in [3.8, 4) is 11.5 Å². The second-order valence-electron chi connectivity index (χ2n) is 7.24. The van der Waals surface area contributed by atoms with Crippen LogP contribution in [0.3, 0.4) is 0 Å². The third-order valence-electron chi connectivity index (χ3n) is 4.87. The Morgan fingerprint density at radius 2 is 2.23 bits per heavy atom. The van der Waals surface area contributed by atoms with Crippen molar-refractivity contribution in [3.63, 3.8) is 0 Å². The third kappa shape index (κ3) is 3.99. The molecule has 1 amide bonds. The minimum absolute atomic E-state index is 0.00525. The van der Waals surface area contributed by atoms with Gasteiger partial charge in [-0.15, -0.1) is 11.3 Å². The molecule has 140 valence electrons. The van der Waals surface area contributed by atoms with Crippen molar-refractivity contribution in [1.29, 1.82) is 0 Å². The zero-order chi connectivity index (χ0) is 18.7. The predicted octanol–water partition coefficient (Wildman–Crippen LogP) is 2.93. The number of thiazole rings is 1. The molecule has 1 aliphatic heterocycles. The molecule has 26 heavy (non-hydrogen) atoms. The molecule has 1 aliphatic rings. The van der Waals surface area contributed by atoms with Crippen LogP contribution in [0.1, 0.15) is 36.3 Å². The van der Waals surface area contributed by atoms with Gasteiger partial charge in [0.25, 0.3) is 5.91 Å². The van der Waals surface area contributed by atoms with E-state index in [0.29, 0.717) is 36.8 Å². The van der Waals surface area contributed by atoms with Crippen LogP contribution in [-0.4, -0.2) is 42.0 Å². The fourth-order valence-electron chi connectivity index (χ4n) is 3.11. The van der Waals surface area contributed by atoms with Crippen LogP contribution in [0.15, 0.2) is 29.1 Å². The minimum Gasteiger partial charge on any atom is -0.493 e. The number of nitrogens with zero attached hydrogens (tertiary/aromatic N) is 2. The van der Waals surface area contributed by atoms with Crippen molar-refractivity contribution in [2.45, 2.75) is 32.9 Å². The largest absolute Gasteiger partial charge is 0.493 e. The van der Waals surface area contributed by atoms with Crippen molar-refractivity contribution in [3.05, 3.63) is 40.3 Å². The molecule has 6 nitrogen and oxygen atoms in total. The molecular formula is C19H25N3O3S. The maximum Gasteiger partial charge on any atom is 0.254 e. The molecule has 1 atom stereocenters. The summed E-state index contributed by atoms with van der Waals surface area (Å²) in [5.74, 6) is 1.13. The molecular weight excluding hydrogens is 350 g/mol. The minimum atomic E-state index is -0.0887.